The number of rotatable bonds is 4. The largest absolute Gasteiger partial charge is 0.497 e. The number of hydrogen-bond donors (Lipinski definition) is 1. The minimum absolute atomic E-state index is 0.505. The van der Waals surface area contributed by atoms with Crippen molar-refractivity contribution >= 4 is 0 Å². The fourth-order valence-corrected chi connectivity index (χ4v) is 2.44. The lowest BCUT2D eigenvalue weighted by Crippen LogP contribution is -2.41. The number of likely N-dealkylation sites (tertiary alicyclic amines) is 1. The summed E-state index contributed by atoms with van der Waals surface area (Å²) in [5.74, 6) is 1.73. The summed E-state index contributed by atoms with van der Waals surface area (Å²) in [5.41, 5.74) is 0.623. The summed E-state index contributed by atoms with van der Waals surface area (Å²) in [6.45, 7) is 4.56. The van der Waals surface area contributed by atoms with E-state index in [1.54, 1.807) is 14.2 Å². The molecule has 4 nitrogen and oxygen atoms in total. The summed E-state index contributed by atoms with van der Waals surface area (Å²) in [5, 5.41) is 9.97. The molecule has 4 heteroatoms. The van der Waals surface area contributed by atoms with Crippen molar-refractivity contribution in [3.8, 4) is 11.5 Å². The lowest BCUT2D eigenvalue weighted by molar-refractivity contribution is -0.00743. The quantitative estimate of drug-likeness (QED) is 0.904. The van der Waals surface area contributed by atoms with E-state index in [0.717, 1.165) is 49.5 Å². The van der Waals surface area contributed by atoms with Gasteiger partial charge in [0.05, 0.1) is 19.8 Å². The molecule has 1 fully saturated rings. The predicted molar refractivity (Wildman–Crippen MR) is 74.7 cm³/mol. The van der Waals surface area contributed by atoms with Crippen molar-refractivity contribution in [3.05, 3.63) is 23.8 Å². The molecule has 1 aromatic rings. The molecule has 1 heterocycles. The van der Waals surface area contributed by atoms with Crippen LogP contribution in [0.5, 0.6) is 11.5 Å². The Labute approximate surface area is 114 Å². The molecule has 0 aromatic heterocycles. The molecule has 0 unspecified atom stereocenters. The topological polar surface area (TPSA) is 41.9 Å². The van der Waals surface area contributed by atoms with Crippen molar-refractivity contribution in [2.75, 3.05) is 27.3 Å². The van der Waals surface area contributed by atoms with Crippen LogP contribution in [0.15, 0.2) is 18.2 Å². The number of benzene rings is 1. The normalized spacial score (nSPS) is 19.2. The second kappa shape index (κ2) is 5.80. The molecule has 0 radical (unpaired) electrons. The van der Waals surface area contributed by atoms with E-state index in [1.807, 2.05) is 25.1 Å². The highest BCUT2D eigenvalue weighted by atomic mass is 16.5. The maximum atomic E-state index is 9.97. The Morgan fingerprint density at radius 2 is 1.89 bits per heavy atom. The first kappa shape index (κ1) is 14.2. The van der Waals surface area contributed by atoms with Gasteiger partial charge in [-0.3, -0.25) is 4.90 Å². The molecule has 1 N–H and O–H groups in total. The van der Waals surface area contributed by atoms with E-state index in [4.69, 9.17) is 9.47 Å². The number of hydrogen-bond acceptors (Lipinski definition) is 4. The fraction of sp³-hybridized carbons (Fsp3) is 0.600. The van der Waals surface area contributed by atoms with Crippen molar-refractivity contribution in [2.45, 2.75) is 31.9 Å². The van der Waals surface area contributed by atoms with Gasteiger partial charge in [-0.2, -0.15) is 0 Å². The van der Waals surface area contributed by atoms with Crippen molar-refractivity contribution in [1.29, 1.82) is 0 Å². The Morgan fingerprint density at radius 3 is 2.47 bits per heavy atom. The highest BCUT2D eigenvalue weighted by molar-refractivity contribution is 5.40. The van der Waals surface area contributed by atoms with Crippen molar-refractivity contribution in [1.82, 2.24) is 4.90 Å². The summed E-state index contributed by atoms with van der Waals surface area (Å²) in [6.07, 6.45) is 1.64. The molecule has 0 saturated carbocycles. The van der Waals surface area contributed by atoms with Crippen LogP contribution in [0.1, 0.15) is 25.3 Å². The summed E-state index contributed by atoms with van der Waals surface area (Å²) >= 11 is 0. The summed E-state index contributed by atoms with van der Waals surface area (Å²) in [6, 6.07) is 5.86. The van der Waals surface area contributed by atoms with Gasteiger partial charge in [0.2, 0.25) is 0 Å². The van der Waals surface area contributed by atoms with Gasteiger partial charge in [-0.05, 0) is 38.0 Å². The van der Waals surface area contributed by atoms with E-state index in [2.05, 4.69) is 4.90 Å². The van der Waals surface area contributed by atoms with E-state index in [1.165, 1.54) is 0 Å². The molecule has 2 rings (SSSR count). The maximum absolute atomic E-state index is 9.97. The Bertz CT molecular complexity index is 421. The van der Waals surface area contributed by atoms with Crippen LogP contribution in [0, 0.1) is 0 Å². The Balaban J connectivity index is 2.06. The van der Waals surface area contributed by atoms with E-state index < -0.39 is 5.60 Å². The van der Waals surface area contributed by atoms with Crippen molar-refractivity contribution in [3.63, 3.8) is 0 Å². The van der Waals surface area contributed by atoms with Gasteiger partial charge in [0.15, 0.2) is 0 Å². The van der Waals surface area contributed by atoms with Gasteiger partial charge in [0.1, 0.15) is 11.5 Å². The van der Waals surface area contributed by atoms with Crippen LogP contribution in [0.2, 0.25) is 0 Å². The van der Waals surface area contributed by atoms with Crippen LogP contribution in [0.4, 0.5) is 0 Å². The number of aliphatic hydroxyl groups is 1. The molecule has 1 aromatic carbocycles. The molecule has 1 saturated heterocycles. The molecule has 19 heavy (non-hydrogen) atoms. The summed E-state index contributed by atoms with van der Waals surface area (Å²) in [7, 11) is 3.36. The zero-order valence-corrected chi connectivity index (χ0v) is 12.0. The van der Waals surface area contributed by atoms with Crippen LogP contribution in [-0.2, 0) is 6.54 Å². The molecule has 0 aliphatic carbocycles. The van der Waals surface area contributed by atoms with Crippen molar-refractivity contribution in [2.24, 2.45) is 0 Å². The molecule has 0 bridgehead atoms. The smallest absolute Gasteiger partial charge is 0.123 e. The van der Waals surface area contributed by atoms with Gasteiger partial charge >= 0.3 is 0 Å². The summed E-state index contributed by atoms with van der Waals surface area (Å²) in [4.78, 5) is 2.34. The lowest BCUT2D eigenvalue weighted by Gasteiger charge is -2.36. The van der Waals surface area contributed by atoms with Gasteiger partial charge in [0.25, 0.3) is 0 Å². The third kappa shape index (κ3) is 3.61. The first-order chi connectivity index (χ1) is 9.04. The fourth-order valence-electron chi connectivity index (χ4n) is 2.44. The Hall–Kier alpha value is -1.26. The maximum Gasteiger partial charge on any atom is 0.123 e. The monoisotopic (exact) mass is 265 g/mol. The van der Waals surface area contributed by atoms with Gasteiger partial charge < -0.3 is 14.6 Å². The van der Waals surface area contributed by atoms with Crippen LogP contribution in [0.25, 0.3) is 0 Å². The van der Waals surface area contributed by atoms with E-state index in [0.29, 0.717) is 0 Å². The van der Waals surface area contributed by atoms with E-state index in [-0.39, 0.29) is 0 Å². The minimum Gasteiger partial charge on any atom is -0.497 e. The molecular weight excluding hydrogens is 242 g/mol. The van der Waals surface area contributed by atoms with Gasteiger partial charge in [-0.25, -0.2) is 0 Å². The van der Waals surface area contributed by atoms with Crippen LogP contribution in [-0.4, -0.2) is 42.9 Å². The molecular formula is C15H23NO3. The van der Waals surface area contributed by atoms with Crippen LogP contribution >= 0.6 is 0 Å². The number of methoxy groups -OCH3 is 2. The van der Waals surface area contributed by atoms with Gasteiger partial charge in [-0.15, -0.1) is 0 Å². The zero-order chi connectivity index (χ0) is 13.9. The first-order valence-electron chi connectivity index (χ1n) is 6.70. The van der Waals surface area contributed by atoms with E-state index >= 15 is 0 Å². The number of ether oxygens (including phenoxy) is 2. The average molecular weight is 265 g/mol. The second-order valence-corrected chi connectivity index (χ2v) is 5.45. The van der Waals surface area contributed by atoms with Crippen molar-refractivity contribution < 1.29 is 14.6 Å². The predicted octanol–water partition coefficient (Wildman–Crippen LogP) is 2.05. The number of piperidine rings is 1. The molecule has 0 spiro atoms. The summed E-state index contributed by atoms with van der Waals surface area (Å²) < 4.78 is 10.7. The van der Waals surface area contributed by atoms with Gasteiger partial charge in [0, 0.05) is 25.2 Å². The highest BCUT2D eigenvalue weighted by Crippen LogP contribution is 2.28. The molecule has 106 valence electrons. The molecule has 0 amide bonds. The van der Waals surface area contributed by atoms with E-state index in [9.17, 15) is 5.11 Å². The molecule has 1 aliphatic heterocycles. The SMILES string of the molecule is COc1ccc(OC)c(CN2CCC(C)(O)CC2)c1. The third-order valence-corrected chi connectivity index (χ3v) is 3.81. The number of nitrogens with zero attached hydrogens (tertiary/aromatic N) is 1. The first-order valence-corrected chi connectivity index (χ1v) is 6.70. The van der Waals surface area contributed by atoms with Gasteiger partial charge in [-0.1, -0.05) is 0 Å². The zero-order valence-electron chi connectivity index (χ0n) is 12.0. The minimum atomic E-state index is -0.505. The average Bonchev–Trinajstić information content (AvgIpc) is 2.41. The molecule has 1 aliphatic rings. The Kier molecular flexibility index (Phi) is 4.32. The van der Waals surface area contributed by atoms with Crippen LogP contribution in [0.3, 0.4) is 0 Å². The second-order valence-electron chi connectivity index (χ2n) is 5.45. The standard InChI is InChI=1S/C15H23NO3/c1-15(17)6-8-16(9-7-15)11-12-10-13(18-2)4-5-14(12)19-3/h4-5,10,17H,6-9,11H2,1-3H3. The van der Waals surface area contributed by atoms with Crippen LogP contribution < -0.4 is 9.47 Å². The lowest BCUT2D eigenvalue weighted by atomic mass is 9.93. The highest BCUT2D eigenvalue weighted by Gasteiger charge is 2.27. The Morgan fingerprint density at radius 1 is 1.21 bits per heavy atom. The molecule has 0 atom stereocenters. The third-order valence-electron chi connectivity index (χ3n) is 3.81.